The number of hydrogen-bond donors (Lipinski definition) is 2. The fourth-order valence-electron chi connectivity index (χ4n) is 2.45. The molecule has 0 aliphatic heterocycles. The van der Waals surface area contributed by atoms with E-state index in [1.54, 1.807) is 24.3 Å². The van der Waals surface area contributed by atoms with Crippen LogP contribution in [-0.4, -0.2) is 31.4 Å². The fraction of sp³-hybridized carbons (Fsp3) is 0.438. The largest absolute Gasteiger partial charge is 0.465 e. The van der Waals surface area contributed by atoms with Crippen molar-refractivity contribution in [2.75, 3.05) is 7.11 Å². The zero-order valence-corrected chi connectivity index (χ0v) is 12.7. The summed E-state index contributed by atoms with van der Waals surface area (Å²) in [6.07, 6.45) is 7.18. The molecule has 0 radical (unpaired) electrons. The standard InChI is InChI=1S/C16H21N3O3/c1-22-15(20)13-9-7-12(8-10-13)11-17-19-16(21)18-14-5-3-2-4-6-14/h7-11,14H,2-6H2,1H3,(H2,18,19,21)/b17-11-. The van der Waals surface area contributed by atoms with Gasteiger partial charge >= 0.3 is 12.0 Å². The molecule has 0 unspecified atom stereocenters. The van der Waals surface area contributed by atoms with Gasteiger partial charge in [0.05, 0.1) is 18.9 Å². The zero-order valence-electron chi connectivity index (χ0n) is 12.7. The summed E-state index contributed by atoms with van der Waals surface area (Å²) < 4.78 is 4.62. The Balaban J connectivity index is 1.78. The summed E-state index contributed by atoms with van der Waals surface area (Å²) in [5, 5.41) is 6.81. The van der Waals surface area contributed by atoms with Gasteiger partial charge in [0.1, 0.15) is 0 Å². The minimum atomic E-state index is -0.381. The third-order valence-electron chi connectivity index (χ3n) is 3.65. The van der Waals surface area contributed by atoms with Gasteiger partial charge in [0.15, 0.2) is 0 Å². The van der Waals surface area contributed by atoms with Gasteiger partial charge in [-0.1, -0.05) is 31.4 Å². The first kappa shape index (κ1) is 16.0. The molecule has 1 saturated carbocycles. The lowest BCUT2D eigenvalue weighted by atomic mass is 9.96. The highest BCUT2D eigenvalue weighted by Crippen LogP contribution is 2.17. The smallest absolute Gasteiger partial charge is 0.337 e. The second kappa shape index (κ2) is 8.17. The molecule has 118 valence electrons. The molecule has 0 bridgehead atoms. The van der Waals surface area contributed by atoms with Gasteiger partial charge < -0.3 is 10.1 Å². The monoisotopic (exact) mass is 303 g/mol. The highest BCUT2D eigenvalue weighted by Gasteiger charge is 2.14. The molecule has 1 aromatic carbocycles. The van der Waals surface area contributed by atoms with Gasteiger partial charge in [-0.2, -0.15) is 5.10 Å². The summed E-state index contributed by atoms with van der Waals surface area (Å²) in [5.41, 5.74) is 3.71. The van der Waals surface area contributed by atoms with Crippen molar-refractivity contribution >= 4 is 18.2 Å². The van der Waals surface area contributed by atoms with E-state index in [1.165, 1.54) is 32.6 Å². The number of benzene rings is 1. The van der Waals surface area contributed by atoms with Crippen molar-refractivity contribution in [1.82, 2.24) is 10.7 Å². The SMILES string of the molecule is COC(=O)c1ccc(/C=N\NC(=O)NC2CCCCC2)cc1. The van der Waals surface area contributed by atoms with Crippen LogP contribution < -0.4 is 10.7 Å². The van der Waals surface area contributed by atoms with Gasteiger partial charge in [0.25, 0.3) is 0 Å². The van der Waals surface area contributed by atoms with E-state index >= 15 is 0 Å². The quantitative estimate of drug-likeness (QED) is 0.509. The lowest BCUT2D eigenvalue weighted by Crippen LogP contribution is -2.41. The number of rotatable bonds is 4. The third kappa shape index (κ3) is 4.87. The van der Waals surface area contributed by atoms with Gasteiger partial charge in [-0.25, -0.2) is 15.0 Å². The number of amides is 2. The Kier molecular flexibility index (Phi) is 5.94. The zero-order chi connectivity index (χ0) is 15.8. The molecule has 0 saturated heterocycles. The number of nitrogens with one attached hydrogen (secondary N) is 2. The fourth-order valence-corrected chi connectivity index (χ4v) is 2.45. The maximum absolute atomic E-state index is 11.7. The lowest BCUT2D eigenvalue weighted by molar-refractivity contribution is 0.0600. The highest BCUT2D eigenvalue weighted by molar-refractivity contribution is 5.90. The maximum atomic E-state index is 11.7. The van der Waals surface area contributed by atoms with Gasteiger partial charge in [-0.3, -0.25) is 0 Å². The van der Waals surface area contributed by atoms with Crippen molar-refractivity contribution in [3.63, 3.8) is 0 Å². The third-order valence-corrected chi connectivity index (χ3v) is 3.65. The molecule has 2 rings (SSSR count). The summed E-state index contributed by atoms with van der Waals surface area (Å²) in [6.45, 7) is 0. The molecule has 1 fully saturated rings. The second-order valence-electron chi connectivity index (χ2n) is 5.29. The van der Waals surface area contributed by atoms with Crippen LogP contribution in [0.2, 0.25) is 0 Å². The van der Waals surface area contributed by atoms with Crippen LogP contribution in [-0.2, 0) is 4.74 Å². The van der Waals surface area contributed by atoms with Crippen LogP contribution in [0.15, 0.2) is 29.4 Å². The second-order valence-corrected chi connectivity index (χ2v) is 5.29. The molecule has 22 heavy (non-hydrogen) atoms. The van der Waals surface area contributed by atoms with Crippen molar-refractivity contribution in [1.29, 1.82) is 0 Å². The first-order valence-corrected chi connectivity index (χ1v) is 7.47. The number of nitrogens with zero attached hydrogens (tertiary/aromatic N) is 1. The number of carbonyl (C=O) groups is 2. The maximum Gasteiger partial charge on any atom is 0.337 e. The molecule has 2 amide bonds. The molecule has 1 aliphatic rings. The highest BCUT2D eigenvalue weighted by atomic mass is 16.5. The lowest BCUT2D eigenvalue weighted by Gasteiger charge is -2.22. The number of urea groups is 1. The van der Waals surface area contributed by atoms with E-state index in [4.69, 9.17) is 0 Å². The molecule has 1 aromatic rings. The van der Waals surface area contributed by atoms with Crippen molar-refractivity contribution in [3.8, 4) is 0 Å². The van der Waals surface area contributed by atoms with E-state index in [2.05, 4.69) is 20.6 Å². The summed E-state index contributed by atoms with van der Waals surface area (Å²) in [6, 6.07) is 6.73. The molecule has 6 heteroatoms. The first-order chi connectivity index (χ1) is 10.7. The normalized spacial score (nSPS) is 15.5. The molecule has 2 N–H and O–H groups in total. The number of hydrogen-bond acceptors (Lipinski definition) is 4. The van der Waals surface area contributed by atoms with E-state index in [0.29, 0.717) is 5.56 Å². The van der Waals surface area contributed by atoms with E-state index < -0.39 is 0 Å². The number of esters is 1. The van der Waals surface area contributed by atoms with E-state index in [0.717, 1.165) is 18.4 Å². The van der Waals surface area contributed by atoms with E-state index in [1.807, 2.05) is 0 Å². The average Bonchev–Trinajstić information content (AvgIpc) is 2.55. The minimum absolute atomic E-state index is 0.253. The predicted molar refractivity (Wildman–Crippen MR) is 83.9 cm³/mol. The van der Waals surface area contributed by atoms with Gasteiger partial charge in [-0.15, -0.1) is 0 Å². The van der Waals surface area contributed by atoms with Gasteiger partial charge in [-0.05, 0) is 30.5 Å². The van der Waals surface area contributed by atoms with Crippen LogP contribution >= 0.6 is 0 Å². The Hall–Kier alpha value is -2.37. The average molecular weight is 303 g/mol. The minimum Gasteiger partial charge on any atom is -0.465 e. The summed E-state index contributed by atoms with van der Waals surface area (Å²) in [7, 11) is 1.34. The molecule has 0 spiro atoms. The van der Waals surface area contributed by atoms with Crippen LogP contribution in [0.5, 0.6) is 0 Å². The van der Waals surface area contributed by atoms with E-state index in [9.17, 15) is 9.59 Å². The summed E-state index contributed by atoms with van der Waals surface area (Å²) >= 11 is 0. The number of hydrazone groups is 1. The Morgan fingerprint density at radius 1 is 1.18 bits per heavy atom. The predicted octanol–water partition coefficient (Wildman–Crippen LogP) is 2.44. The number of methoxy groups -OCH3 is 1. The molecule has 0 atom stereocenters. The van der Waals surface area contributed by atoms with Crippen LogP contribution in [0.4, 0.5) is 4.79 Å². The molecule has 0 heterocycles. The van der Waals surface area contributed by atoms with Gasteiger partial charge in [0.2, 0.25) is 0 Å². The summed E-state index contributed by atoms with van der Waals surface area (Å²) in [4.78, 5) is 23.0. The molecule has 1 aliphatic carbocycles. The topological polar surface area (TPSA) is 79.8 Å². The van der Waals surface area contributed by atoms with E-state index in [-0.39, 0.29) is 18.0 Å². The van der Waals surface area contributed by atoms with Crippen LogP contribution in [0.1, 0.15) is 48.0 Å². The first-order valence-electron chi connectivity index (χ1n) is 7.47. The Morgan fingerprint density at radius 2 is 1.86 bits per heavy atom. The number of ether oxygens (including phenoxy) is 1. The molecular weight excluding hydrogens is 282 g/mol. The van der Waals surface area contributed by atoms with Crippen LogP contribution in [0, 0.1) is 0 Å². The molecule has 0 aromatic heterocycles. The van der Waals surface area contributed by atoms with Crippen molar-refractivity contribution < 1.29 is 14.3 Å². The van der Waals surface area contributed by atoms with Crippen molar-refractivity contribution in [2.24, 2.45) is 5.10 Å². The Labute approximate surface area is 129 Å². The van der Waals surface area contributed by atoms with Crippen LogP contribution in [0.25, 0.3) is 0 Å². The van der Waals surface area contributed by atoms with Crippen molar-refractivity contribution in [3.05, 3.63) is 35.4 Å². The summed E-state index contributed by atoms with van der Waals surface area (Å²) in [5.74, 6) is -0.381. The van der Waals surface area contributed by atoms with Gasteiger partial charge in [0, 0.05) is 6.04 Å². The number of carbonyl (C=O) groups excluding carboxylic acids is 2. The van der Waals surface area contributed by atoms with Crippen molar-refractivity contribution in [2.45, 2.75) is 38.1 Å². The Morgan fingerprint density at radius 3 is 2.50 bits per heavy atom. The molecular formula is C16H21N3O3. The molecule has 6 nitrogen and oxygen atoms in total. The van der Waals surface area contributed by atoms with Crippen LogP contribution in [0.3, 0.4) is 0 Å². The Bertz CT molecular complexity index is 534.